The van der Waals surface area contributed by atoms with Crippen molar-refractivity contribution in [3.8, 4) is 11.5 Å². The number of aliphatic imine (C=N–C) groups is 1. The normalized spacial score (nSPS) is 17.9. The van der Waals surface area contributed by atoms with E-state index in [1.807, 2.05) is 48.5 Å². The Morgan fingerprint density at radius 2 is 1.71 bits per heavy atom. The van der Waals surface area contributed by atoms with Crippen LogP contribution in [0, 0.1) is 0 Å². The quantitative estimate of drug-likeness (QED) is 0.386. The third-order valence-corrected chi connectivity index (χ3v) is 4.44. The third kappa shape index (κ3) is 1.62. The largest absolute Gasteiger partial charge is 0.507 e. The maximum absolute atomic E-state index is 12.6. The summed E-state index contributed by atoms with van der Waals surface area (Å²) in [5.74, 6) is 0.0688. The molecule has 2 heterocycles. The molecule has 2 aliphatic heterocycles. The van der Waals surface area contributed by atoms with Gasteiger partial charge >= 0.3 is 5.97 Å². The molecule has 0 spiro atoms. The molecular formula is C20H11NO3. The molecule has 4 heteroatoms. The summed E-state index contributed by atoms with van der Waals surface area (Å²) in [7, 11) is 0. The number of carbonyl (C=O) groups is 1. The third-order valence-electron chi connectivity index (χ3n) is 4.44. The molecule has 1 N–H and O–H groups in total. The molecule has 0 saturated carbocycles. The first-order valence-electron chi connectivity index (χ1n) is 7.59. The van der Waals surface area contributed by atoms with Crippen LogP contribution >= 0.6 is 0 Å². The van der Waals surface area contributed by atoms with Crippen molar-refractivity contribution in [3.05, 3.63) is 65.7 Å². The molecule has 0 aliphatic carbocycles. The minimum Gasteiger partial charge on any atom is -0.507 e. The summed E-state index contributed by atoms with van der Waals surface area (Å²) >= 11 is 0. The number of esters is 1. The fourth-order valence-corrected chi connectivity index (χ4v) is 3.38. The first kappa shape index (κ1) is 13.1. The minimum atomic E-state index is -0.418. The molecule has 3 aromatic rings. The summed E-state index contributed by atoms with van der Waals surface area (Å²) in [5.41, 5.74) is 3.71. The van der Waals surface area contributed by atoms with Gasteiger partial charge in [0.15, 0.2) is 0 Å². The van der Waals surface area contributed by atoms with Gasteiger partial charge in [-0.05, 0) is 11.5 Å². The second kappa shape index (κ2) is 4.55. The number of hydrogen-bond donors (Lipinski definition) is 1. The SMILES string of the molecule is O=C1Oc2cc(O)c3ccccc3c2/C1=C1\C=Nc2ccccc21. The molecule has 0 fully saturated rings. The molecule has 0 aromatic heterocycles. The number of phenols is 1. The van der Waals surface area contributed by atoms with Crippen LogP contribution in [0.15, 0.2) is 59.6 Å². The Balaban J connectivity index is 1.90. The van der Waals surface area contributed by atoms with E-state index in [0.717, 1.165) is 22.2 Å². The molecule has 3 aromatic carbocycles. The van der Waals surface area contributed by atoms with E-state index in [2.05, 4.69) is 4.99 Å². The van der Waals surface area contributed by atoms with Gasteiger partial charge in [-0.15, -0.1) is 0 Å². The van der Waals surface area contributed by atoms with Crippen molar-refractivity contribution >= 4 is 39.8 Å². The van der Waals surface area contributed by atoms with Crippen molar-refractivity contribution in [2.24, 2.45) is 4.99 Å². The van der Waals surface area contributed by atoms with Gasteiger partial charge in [-0.25, -0.2) is 4.79 Å². The average molecular weight is 313 g/mol. The molecular weight excluding hydrogens is 302 g/mol. The lowest BCUT2D eigenvalue weighted by Crippen LogP contribution is -2.03. The highest BCUT2D eigenvalue weighted by atomic mass is 16.5. The molecule has 4 nitrogen and oxygen atoms in total. The van der Waals surface area contributed by atoms with Crippen molar-refractivity contribution in [1.29, 1.82) is 0 Å². The molecule has 5 rings (SSSR count). The number of benzene rings is 3. The van der Waals surface area contributed by atoms with E-state index in [9.17, 15) is 9.90 Å². The average Bonchev–Trinajstić information content (AvgIpc) is 3.15. The highest BCUT2D eigenvalue weighted by Gasteiger charge is 2.34. The van der Waals surface area contributed by atoms with Crippen molar-refractivity contribution in [2.45, 2.75) is 0 Å². The van der Waals surface area contributed by atoms with Crippen molar-refractivity contribution < 1.29 is 14.6 Å². The van der Waals surface area contributed by atoms with Gasteiger partial charge in [0.1, 0.15) is 11.5 Å². The number of hydrogen-bond acceptors (Lipinski definition) is 4. The van der Waals surface area contributed by atoms with Gasteiger partial charge < -0.3 is 9.84 Å². The zero-order chi connectivity index (χ0) is 16.3. The van der Waals surface area contributed by atoms with Crippen LogP contribution < -0.4 is 4.74 Å². The van der Waals surface area contributed by atoms with Crippen LogP contribution in [0.2, 0.25) is 0 Å². The molecule has 0 unspecified atom stereocenters. The van der Waals surface area contributed by atoms with Gasteiger partial charge in [-0.3, -0.25) is 4.99 Å². The Morgan fingerprint density at radius 3 is 2.58 bits per heavy atom. The Labute approximate surface area is 137 Å². The van der Waals surface area contributed by atoms with Gasteiger partial charge in [0.25, 0.3) is 0 Å². The van der Waals surface area contributed by atoms with Crippen LogP contribution in [0.3, 0.4) is 0 Å². The second-order valence-electron chi connectivity index (χ2n) is 5.77. The standard InChI is InChI=1S/C20H11NO3/c22-16-9-17-18(13-7-2-1-6-12(13)16)19(20(23)24-17)14-10-21-15-8-4-3-5-11(14)15/h1-10,22H/b19-14-. The van der Waals surface area contributed by atoms with Crippen LogP contribution in [0.1, 0.15) is 11.1 Å². The van der Waals surface area contributed by atoms with Gasteiger partial charge in [-0.1, -0.05) is 42.5 Å². The minimum absolute atomic E-state index is 0.101. The zero-order valence-corrected chi connectivity index (χ0v) is 12.5. The highest BCUT2D eigenvalue weighted by Crippen LogP contribution is 2.47. The lowest BCUT2D eigenvalue weighted by molar-refractivity contribution is -0.126. The van der Waals surface area contributed by atoms with E-state index >= 15 is 0 Å². The molecule has 0 saturated heterocycles. The number of para-hydroxylation sites is 1. The van der Waals surface area contributed by atoms with E-state index in [1.54, 1.807) is 6.21 Å². The number of fused-ring (bicyclic) bond motifs is 4. The number of aromatic hydroxyl groups is 1. The van der Waals surface area contributed by atoms with Gasteiger partial charge in [0, 0.05) is 34.4 Å². The summed E-state index contributed by atoms with van der Waals surface area (Å²) in [6.07, 6.45) is 1.71. The maximum Gasteiger partial charge on any atom is 0.345 e. The van der Waals surface area contributed by atoms with Gasteiger partial charge in [0.05, 0.1) is 11.3 Å². The Morgan fingerprint density at radius 1 is 0.958 bits per heavy atom. The zero-order valence-electron chi connectivity index (χ0n) is 12.5. The number of ether oxygens (including phenoxy) is 1. The molecule has 24 heavy (non-hydrogen) atoms. The Kier molecular flexibility index (Phi) is 2.48. The van der Waals surface area contributed by atoms with Crippen LogP contribution in [-0.4, -0.2) is 17.3 Å². The van der Waals surface area contributed by atoms with Crippen LogP contribution in [0.25, 0.3) is 21.9 Å². The molecule has 2 aliphatic rings. The summed E-state index contributed by atoms with van der Waals surface area (Å²) in [6, 6.07) is 16.6. The number of nitrogens with zero attached hydrogens (tertiary/aromatic N) is 1. The number of rotatable bonds is 0. The van der Waals surface area contributed by atoms with Crippen LogP contribution in [0.4, 0.5) is 5.69 Å². The van der Waals surface area contributed by atoms with E-state index in [1.165, 1.54) is 6.07 Å². The molecule has 0 bridgehead atoms. The van der Waals surface area contributed by atoms with E-state index in [-0.39, 0.29) is 5.75 Å². The van der Waals surface area contributed by atoms with E-state index in [4.69, 9.17) is 4.74 Å². The Hall–Kier alpha value is -3.40. The summed E-state index contributed by atoms with van der Waals surface area (Å²) < 4.78 is 5.42. The first-order chi connectivity index (χ1) is 11.7. The number of phenolic OH excluding ortho intramolecular Hbond substituents is 1. The maximum atomic E-state index is 12.6. The van der Waals surface area contributed by atoms with Crippen molar-refractivity contribution in [1.82, 2.24) is 0 Å². The highest BCUT2D eigenvalue weighted by molar-refractivity contribution is 6.41. The molecule has 114 valence electrons. The lowest BCUT2D eigenvalue weighted by atomic mass is 9.92. The number of carbonyl (C=O) groups excluding carboxylic acids is 1. The van der Waals surface area contributed by atoms with Crippen LogP contribution in [0.5, 0.6) is 11.5 Å². The monoisotopic (exact) mass is 313 g/mol. The predicted octanol–water partition coefficient (Wildman–Crippen LogP) is 4.09. The summed E-state index contributed by atoms with van der Waals surface area (Å²) in [4.78, 5) is 16.9. The van der Waals surface area contributed by atoms with Gasteiger partial charge in [-0.2, -0.15) is 0 Å². The van der Waals surface area contributed by atoms with Crippen molar-refractivity contribution in [2.75, 3.05) is 0 Å². The van der Waals surface area contributed by atoms with E-state index < -0.39 is 5.97 Å². The lowest BCUT2D eigenvalue weighted by Gasteiger charge is -2.07. The Bertz CT molecular complexity index is 1110. The molecule has 0 radical (unpaired) electrons. The summed E-state index contributed by atoms with van der Waals surface area (Å²) in [5, 5.41) is 11.7. The predicted molar refractivity (Wildman–Crippen MR) is 92.7 cm³/mol. The molecule has 0 atom stereocenters. The first-order valence-corrected chi connectivity index (χ1v) is 7.59. The topological polar surface area (TPSA) is 58.9 Å². The fraction of sp³-hybridized carbons (Fsp3) is 0. The molecule has 0 amide bonds. The van der Waals surface area contributed by atoms with Crippen molar-refractivity contribution in [3.63, 3.8) is 0 Å². The van der Waals surface area contributed by atoms with E-state index in [0.29, 0.717) is 22.3 Å². The fourth-order valence-electron chi connectivity index (χ4n) is 3.38. The van der Waals surface area contributed by atoms with Crippen LogP contribution in [-0.2, 0) is 4.79 Å². The summed E-state index contributed by atoms with van der Waals surface area (Å²) in [6.45, 7) is 0. The second-order valence-corrected chi connectivity index (χ2v) is 5.77. The smallest absolute Gasteiger partial charge is 0.345 e. The van der Waals surface area contributed by atoms with Gasteiger partial charge in [0.2, 0.25) is 0 Å². The number of allylic oxidation sites excluding steroid dienone is 1.